The second-order valence-corrected chi connectivity index (χ2v) is 10.3. The van der Waals surface area contributed by atoms with Crippen LogP contribution in [-0.2, 0) is 19.4 Å². The maximum absolute atomic E-state index is 14.3. The van der Waals surface area contributed by atoms with Crippen LogP contribution in [0.3, 0.4) is 0 Å². The molecule has 2 atom stereocenters. The van der Waals surface area contributed by atoms with Crippen molar-refractivity contribution in [2.75, 3.05) is 13.7 Å². The molecule has 1 aromatic heterocycles. The second-order valence-electron chi connectivity index (χ2n) is 10.3. The highest BCUT2D eigenvalue weighted by Crippen LogP contribution is 2.49. The van der Waals surface area contributed by atoms with Crippen molar-refractivity contribution in [1.82, 2.24) is 9.88 Å². The fourth-order valence-corrected chi connectivity index (χ4v) is 6.34. The molecule has 1 N–H and O–H groups in total. The van der Waals surface area contributed by atoms with Crippen LogP contribution < -0.4 is 9.47 Å². The molecule has 0 fully saturated rings. The molecular formula is C33H28F2N2O2. The zero-order valence-corrected chi connectivity index (χ0v) is 21.6. The SMILES string of the molecule is COc1cc2c(cc1OCc1ccccc1F)C1Cc3c([nH]c4ccccc34)C(c3ccc(F)cc3)N1CC2. The lowest BCUT2D eigenvalue weighted by molar-refractivity contribution is 0.127. The fraction of sp³-hybridized carbons (Fsp3) is 0.212. The molecule has 2 aliphatic rings. The third-order valence-corrected chi connectivity index (χ3v) is 8.20. The summed E-state index contributed by atoms with van der Waals surface area (Å²) < 4.78 is 40.1. The Balaban J connectivity index is 1.33. The Labute approximate surface area is 225 Å². The van der Waals surface area contributed by atoms with E-state index < -0.39 is 0 Å². The summed E-state index contributed by atoms with van der Waals surface area (Å²) in [7, 11) is 1.64. The van der Waals surface area contributed by atoms with Gasteiger partial charge in [-0.05, 0) is 71.5 Å². The van der Waals surface area contributed by atoms with Crippen LogP contribution in [0.2, 0.25) is 0 Å². The number of para-hydroxylation sites is 1. The molecule has 0 saturated heterocycles. The third kappa shape index (κ3) is 4.07. The number of nitrogens with zero attached hydrogens (tertiary/aromatic N) is 1. The van der Waals surface area contributed by atoms with Crippen molar-refractivity contribution in [3.8, 4) is 11.5 Å². The molecule has 4 nitrogen and oxygen atoms in total. The molecule has 196 valence electrons. The van der Waals surface area contributed by atoms with Gasteiger partial charge < -0.3 is 14.5 Å². The van der Waals surface area contributed by atoms with Crippen LogP contribution in [0.25, 0.3) is 10.9 Å². The Morgan fingerprint density at radius 3 is 2.54 bits per heavy atom. The van der Waals surface area contributed by atoms with E-state index in [1.165, 1.54) is 33.8 Å². The first kappa shape index (κ1) is 23.9. The van der Waals surface area contributed by atoms with Crippen molar-refractivity contribution < 1.29 is 18.3 Å². The first-order valence-corrected chi connectivity index (χ1v) is 13.3. The minimum absolute atomic E-state index is 0.0372. The Morgan fingerprint density at radius 1 is 0.923 bits per heavy atom. The average Bonchev–Trinajstić information content (AvgIpc) is 3.34. The smallest absolute Gasteiger partial charge is 0.162 e. The molecule has 0 bridgehead atoms. The van der Waals surface area contributed by atoms with Gasteiger partial charge in [-0.1, -0.05) is 48.5 Å². The number of ether oxygens (including phenoxy) is 2. The number of halogens is 2. The van der Waals surface area contributed by atoms with Crippen molar-refractivity contribution in [2.45, 2.75) is 31.5 Å². The van der Waals surface area contributed by atoms with E-state index in [-0.39, 0.29) is 30.3 Å². The molecule has 6 heteroatoms. The summed E-state index contributed by atoms with van der Waals surface area (Å²) in [6.45, 7) is 0.966. The van der Waals surface area contributed by atoms with Crippen LogP contribution in [0.1, 0.15) is 45.6 Å². The molecule has 0 radical (unpaired) electrons. The van der Waals surface area contributed by atoms with E-state index in [2.05, 4.69) is 40.2 Å². The Kier molecular flexibility index (Phi) is 5.85. The number of hydrogen-bond donors (Lipinski definition) is 1. The van der Waals surface area contributed by atoms with Crippen LogP contribution >= 0.6 is 0 Å². The van der Waals surface area contributed by atoms with E-state index in [0.717, 1.165) is 30.5 Å². The molecule has 7 rings (SSSR count). The van der Waals surface area contributed by atoms with Crippen molar-refractivity contribution >= 4 is 10.9 Å². The Hall–Kier alpha value is -4.16. The molecule has 2 aliphatic heterocycles. The molecule has 4 aromatic carbocycles. The van der Waals surface area contributed by atoms with E-state index >= 15 is 0 Å². The largest absolute Gasteiger partial charge is 0.493 e. The van der Waals surface area contributed by atoms with Crippen LogP contribution in [0.15, 0.2) is 84.9 Å². The van der Waals surface area contributed by atoms with E-state index in [4.69, 9.17) is 9.47 Å². The van der Waals surface area contributed by atoms with Gasteiger partial charge >= 0.3 is 0 Å². The zero-order chi connectivity index (χ0) is 26.5. The van der Waals surface area contributed by atoms with Crippen molar-refractivity contribution in [3.05, 3.63) is 130 Å². The lowest BCUT2D eigenvalue weighted by Crippen LogP contribution is -2.43. The lowest BCUT2D eigenvalue weighted by Gasteiger charge is -2.46. The maximum atomic E-state index is 14.3. The lowest BCUT2D eigenvalue weighted by atomic mass is 9.80. The van der Waals surface area contributed by atoms with E-state index in [0.29, 0.717) is 17.1 Å². The molecule has 3 heterocycles. The second kappa shape index (κ2) is 9.54. The number of H-pyrrole nitrogens is 1. The van der Waals surface area contributed by atoms with Crippen molar-refractivity contribution in [1.29, 1.82) is 0 Å². The minimum Gasteiger partial charge on any atom is -0.493 e. The Morgan fingerprint density at radius 2 is 1.72 bits per heavy atom. The molecule has 5 aromatic rings. The van der Waals surface area contributed by atoms with Gasteiger partial charge in [0.1, 0.15) is 18.2 Å². The predicted molar refractivity (Wildman–Crippen MR) is 147 cm³/mol. The average molecular weight is 523 g/mol. The number of aromatic nitrogens is 1. The number of aromatic amines is 1. The quantitative estimate of drug-likeness (QED) is 0.264. The van der Waals surface area contributed by atoms with Gasteiger partial charge in [0.15, 0.2) is 11.5 Å². The van der Waals surface area contributed by atoms with E-state index in [9.17, 15) is 8.78 Å². The molecule has 0 amide bonds. The molecule has 0 aliphatic carbocycles. The third-order valence-electron chi connectivity index (χ3n) is 8.20. The first-order valence-electron chi connectivity index (χ1n) is 13.3. The van der Waals surface area contributed by atoms with Crippen LogP contribution in [0.4, 0.5) is 8.78 Å². The monoisotopic (exact) mass is 522 g/mol. The number of methoxy groups -OCH3 is 1. The number of nitrogens with one attached hydrogen (secondary N) is 1. The van der Waals surface area contributed by atoms with Gasteiger partial charge in [-0.15, -0.1) is 0 Å². The van der Waals surface area contributed by atoms with Gasteiger partial charge in [-0.25, -0.2) is 8.78 Å². The van der Waals surface area contributed by atoms with Crippen molar-refractivity contribution in [2.24, 2.45) is 0 Å². The van der Waals surface area contributed by atoms with Crippen molar-refractivity contribution in [3.63, 3.8) is 0 Å². The van der Waals surface area contributed by atoms with E-state index in [1.54, 1.807) is 37.4 Å². The van der Waals surface area contributed by atoms with Crippen LogP contribution in [-0.4, -0.2) is 23.5 Å². The number of benzene rings is 4. The fourth-order valence-electron chi connectivity index (χ4n) is 6.34. The summed E-state index contributed by atoms with van der Waals surface area (Å²) in [4.78, 5) is 6.21. The molecule has 2 unspecified atom stereocenters. The summed E-state index contributed by atoms with van der Waals surface area (Å²) in [6.07, 6.45) is 1.69. The number of rotatable bonds is 5. The summed E-state index contributed by atoms with van der Waals surface area (Å²) in [5.41, 5.74) is 7.54. The van der Waals surface area contributed by atoms with Gasteiger partial charge in [0, 0.05) is 34.7 Å². The molecular weight excluding hydrogens is 494 g/mol. The van der Waals surface area contributed by atoms with Crippen LogP contribution in [0, 0.1) is 11.6 Å². The predicted octanol–water partition coefficient (Wildman–Crippen LogP) is 7.28. The van der Waals surface area contributed by atoms with Gasteiger partial charge in [0.25, 0.3) is 0 Å². The summed E-state index contributed by atoms with van der Waals surface area (Å²) in [5, 5.41) is 1.22. The first-order chi connectivity index (χ1) is 19.1. The topological polar surface area (TPSA) is 37.5 Å². The summed E-state index contributed by atoms with van der Waals surface area (Å²) in [6, 6.07) is 26.1. The normalized spacial score (nSPS) is 18.3. The minimum atomic E-state index is -0.290. The highest BCUT2D eigenvalue weighted by atomic mass is 19.1. The molecule has 0 saturated carbocycles. The number of hydrogen-bond acceptors (Lipinski definition) is 3. The summed E-state index contributed by atoms with van der Waals surface area (Å²) in [5.74, 6) is 0.722. The van der Waals surface area contributed by atoms with Gasteiger partial charge in [-0.3, -0.25) is 4.90 Å². The van der Waals surface area contributed by atoms with Gasteiger partial charge in [-0.2, -0.15) is 0 Å². The molecule has 39 heavy (non-hydrogen) atoms. The molecule has 0 spiro atoms. The van der Waals surface area contributed by atoms with E-state index in [1.807, 2.05) is 18.2 Å². The highest BCUT2D eigenvalue weighted by Gasteiger charge is 2.41. The Bertz CT molecular complexity index is 1680. The highest BCUT2D eigenvalue weighted by molar-refractivity contribution is 5.85. The number of fused-ring (bicyclic) bond motifs is 6. The summed E-state index contributed by atoms with van der Waals surface area (Å²) >= 11 is 0. The standard InChI is InChI=1S/C33H28F2N2O2/c1-38-30-16-21-14-15-37-29(25(21)18-31(30)39-19-22-6-2-4-8-27(22)35)17-26-24-7-3-5-9-28(24)36-32(26)33(37)20-10-12-23(34)13-11-20/h2-13,16,18,29,33,36H,14-15,17,19H2,1H3. The van der Waals surface area contributed by atoms with Crippen LogP contribution in [0.5, 0.6) is 11.5 Å². The maximum Gasteiger partial charge on any atom is 0.162 e. The van der Waals surface area contributed by atoms with Gasteiger partial charge in [0.05, 0.1) is 13.2 Å². The zero-order valence-electron chi connectivity index (χ0n) is 21.6. The van der Waals surface area contributed by atoms with Gasteiger partial charge in [0.2, 0.25) is 0 Å².